The maximum absolute atomic E-state index is 11.6. The van der Waals surface area contributed by atoms with E-state index in [2.05, 4.69) is 26.5 Å². The van der Waals surface area contributed by atoms with Gasteiger partial charge in [0.2, 0.25) is 0 Å². The van der Waals surface area contributed by atoms with Gasteiger partial charge in [0.25, 0.3) is 5.91 Å². The van der Waals surface area contributed by atoms with Crippen LogP contribution in [-0.4, -0.2) is 25.8 Å². The largest absolute Gasteiger partial charge is 0.497 e. The van der Waals surface area contributed by atoms with Gasteiger partial charge in [-0.25, -0.2) is 5.43 Å². The van der Waals surface area contributed by atoms with Crippen LogP contribution in [0.25, 0.3) is 0 Å². The monoisotopic (exact) mass is 478 g/mol. The van der Waals surface area contributed by atoms with Gasteiger partial charge in [-0.1, -0.05) is 0 Å². The van der Waals surface area contributed by atoms with Crippen LogP contribution in [0.15, 0.2) is 44.3 Å². The number of benzene rings is 1. The Morgan fingerprint density at radius 2 is 2.27 bits per heavy atom. The molecular weight excluding hydrogens is 467 g/mol. The summed E-state index contributed by atoms with van der Waals surface area (Å²) < 4.78 is 17.2. The average molecular weight is 479 g/mol. The number of nitrogens with zero attached hydrogens (tertiary/aromatic N) is 1. The molecule has 0 aliphatic carbocycles. The number of hydrazone groups is 1. The first-order valence-electron chi connectivity index (χ1n) is 6.12. The third-order valence-corrected chi connectivity index (χ3v) is 3.67. The van der Waals surface area contributed by atoms with Gasteiger partial charge in [0.05, 0.1) is 17.8 Å². The number of hydrogen-bond donors (Lipinski definition) is 1. The van der Waals surface area contributed by atoms with E-state index in [4.69, 9.17) is 13.9 Å². The van der Waals surface area contributed by atoms with Crippen molar-refractivity contribution in [3.05, 3.63) is 44.3 Å². The van der Waals surface area contributed by atoms with Crippen molar-refractivity contribution in [3.63, 3.8) is 0 Å². The summed E-state index contributed by atoms with van der Waals surface area (Å²) in [5.74, 6) is 1.42. The van der Waals surface area contributed by atoms with E-state index in [0.29, 0.717) is 21.7 Å². The number of ether oxygens (including phenoxy) is 2. The minimum atomic E-state index is -0.375. The lowest BCUT2D eigenvalue weighted by molar-refractivity contribution is -0.123. The predicted octanol–water partition coefficient (Wildman–Crippen LogP) is 3.18. The smallest absolute Gasteiger partial charge is 0.277 e. The van der Waals surface area contributed by atoms with Crippen LogP contribution < -0.4 is 14.9 Å². The highest BCUT2D eigenvalue weighted by Gasteiger charge is 2.06. The second-order valence-electron chi connectivity index (χ2n) is 4.02. The van der Waals surface area contributed by atoms with Crippen LogP contribution in [0.5, 0.6) is 11.5 Å². The van der Waals surface area contributed by atoms with E-state index >= 15 is 0 Å². The Bertz CT molecular complexity index is 687. The van der Waals surface area contributed by atoms with Gasteiger partial charge in [-0.05, 0) is 68.9 Å². The molecule has 0 unspecified atom stereocenters. The van der Waals surface area contributed by atoms with Crippen LogP contribution in [0.4, 0.5) is 0 Å². The van der Waals surface area contributed by atoms with Gasteiger partial charge in [0.15, 0.2) is 10.4 Å². The first-order valence-corrected chi connectivity index (χ1v) is 7.99. The Balaban J connectivity index is 1.81. The highest BCUT2D eigenvalue weighted by atomic mass is 127. The quantitative estimate of drug-likeness (QED) is 0.393. The second-order valence-corrected chi connectivity index (χ2v) is 5.94. The predicted molar refractivity (Wildman–Crippen MR) is 93.4 cm³/mol. The molecule has 6 nitrogen and oxygen atoms in total. The second kappa shape index (κ2) is 8.18. The summed E-state index contributed by atoms with van der Waals surface area (Å²) >= 11 is 5.39. The molecule has 22 heavy (non-hydrogen) atoms. The zero-order chi connectivity index (χ0) is 15.9. The average Bonchev–Trinajstić information content (AvgIpc) is 2.91. The Kier molecular flexibility index (Phi) is 6.25. The van der Waals surface area contributed by atoms with Crippen molar-refractivity contribution >= 4 is 50.6 Å². The van der Waals surface area contributed by atoms with Gasteiger partial charge < -0.3 is 13.9 Å². The summed E-state index contributed by atoms with van der Waals surface area (Å²) in [6, 6.07) is 8.76. The van der Waals surface area contributed by atoms with E-state index < -0.39 is 0 Å². The topological polar surface area (TPSA) is 73.1 Å². The van der Waals surface area contributed by atoms with Crippen LogP contribution in [0.1, 0.15) is 5.76 Å². The first-order chi connectivity index (χ1) is 10.6. The normalized spacial score (nSPS) is 10.7. The summed E-state index contributed by atoms with van der Waals surface area (Å²) in [7, 11) is 1.58. The van der Waals surface area contributed by atoms with E-state index in [9.17, 15) is 4.79 Å². The van der Waals surface area contributed by atoms with Crippen LogP contribution in [0.2, 0.25) is 0 Å². The molecule has 0 aliphatic heterocycles. The Labute approximate surface area is 149 Å². The number of carbonyl (C=O) groups excluding carboxylic acids is 1. The minimum Gasteiger partial charge on any atom is -0.497 e. The van der Waals surface area contributed by atoms with Crippen molar-refractivity contribution in [1.29, 1.82) is 0 Å². The maximum Gasteiger partial charge on any atom is 0.277 e. The number of halogens is 2. The molecule has 0 atom stereocenters. The standard InChI is InChI=1S/C14H12BrIN2O4/c1-20-9-2-4-12(11(15)6-9)21-8-14(19)18-17-7-10-3-5-13(16)22-10/h2-7H,8H2,1H3,(H,18,19)/b17-7-. The Morgan fingerprint density at radius 3 is 2.91 bits per heavy atom. The lowest BCUT2D eigenvalue weighted by Crippen LogP contribution is -2.24. The molecule has 0 saturated heterocycles. The van der Waals surface area contributed by atoms with Crippen molar-refractivity contribution in [3.8, 4) is 11.5 Å². The summed E-state index contributed by atoms with van der Waals surface area (Å²) in [4.78, 5) is 11.6. The van der Waals surface area contributed by atoms with Gasteiger partial charge in [-0.3, -0.25) is 4.79 Å². The number of hydrogen-bond acceptors (Lipinski definition) is 5. The zero-order valence-electron chi connectivity index (χ0n) is 11.5. The SMILES string of the molecule is COc1ccc(OCC(=O)N/N=C\c2ccc(I)o2)c(Br)c1. The molecule has 0 saturated carbocycles. The van der Waals surface area contributed by atoms with E-state index in [1.165, 1.54) is 6.21 Å². The van der Waals surface area contributed by atoms with Gasteiger partial charge >= 0.3 is 0 Å². The van der Waals surface area contributed by atoms with Crippen LogP contribution in [0, 0.1) is 3.77 Å². The number of carbonyl (C=O) groups is 1. The molecule has 1 aromatic carbocycles. The Morgan fingerprint density at radius 1 is 1.45 bits per heavy atom. The fourth-order valence-electron chi connectivity index (χ4n) is 1.47. The van der Waals surface area contributed by atoms with Gasteiger partial charge in [0, 0.05) is 0 Å². The zero-order valence-corrected chi connectivity index (χ0v) is 15.3. The molecule has 0 radical (unpaired) electrons. The van der Waals surface area contributed by atoms with Crippen molar-refractivity contribution in [2.24, 2.45) is 5.10 Å². The number of amides is 1. The molecular formula is C14H12BrIN2O4. The third kappa shape index (κ3) is 5.02. The number of nitrogens with one attached hydrogen (secondary N) is 1. The molecule has 8 heteroatoms. The van der Waals surface area contributed by atoms with Gasteiger partial charge in [0.1, 0.15) is 17.3 Å². The van der Waals surface area contributed by atoms with E-state index in [1.807, 2.05) is 22.6 Å². The molecule has 1 aromatic heterocycles. The van der Waals surface area contributed by atoms with Crippen LogP contribution >= 0.6 is 38.5 Å². The van der Waals surface area contributed by atoms with E-state index in [1.54, 1.807) is 37.4 Å². The molecule has 1 heterocycles. The first kappa shape index (κ1) is 16.8. The van der Waals surface area contributed by atoms with Crippen molar-refractivity contribution < 1.29 is 18.7 Å². The number of methoxy groups -OCH3 is 1. The molecule has 1 N–H and O–H groups in total. The van der Waals surface area contributed by atoms with Crippen molar-refractivity contribution in [1.82, 2.24) is 5.43 Å². The highest BCUT2D eigenvalue weighted by Crippen LogP contribution is 2.28. The highest BCUT2D eigenvalue weighted by molar-refractivity contribution is 14.1. The molecule has 0 fully saturated rings. The fraction of sp³-hybridized carbons (Fsp3) is 0.143. The number of rotatable bonds is 6. The van der Waals surface area contributed by atoms with Crippen LogP contribution in [0.3, 0.4) is 0 Å². The molecule has 2 rings (SSSR count). The molecule has 0 aliphatic rings. The summed E-state index contributed by atoms with van der Waals surface area (Å²) in [5.41, 5.74) is 2.36. The lowest BCUT2D eigenvalue weighted by atomic mass is 10.3. The maximum atomic E-state index is 11.6. The fourth-order valence-corrected chi connectivity index (χ4v) is 2.37. The molecule has 116 valence electrons. The van der Waals surface area contributed by atoms with E-state index in [0.717, 1.165) is 3.77 Å². The molecule has 0 bridgehead atoms. The molecule has 1 amide bonds. The van der Waals surface area contributed by atoms with Crippen LogP contribution in [-0.2, 0) is 4.79 Å². The number of furan rings is 1. The van der Waals surface area contributed by atoms with Crippen molar-refractivity contribution in [2.75, 3.05) is 13.7 Å². The summed E-state index contributed by atoms with van der Waals surface area (Å²) in [5, 5.41) is 3.78. The summed E-state index contributed by atoms with van der Waals surface area (Å²) in [6.45, 7) is -0.155. The third-order valence-electron chi connectivity index (χ3n) is 2.47. The lowest BCUT2D eigenvalue weighted by Gasteiger charge is -2.08. The molecule has 2 aromatic rings. The van der Waals surface area contributed by atoms with Gasteiger partial charge in [-0.15, -0.1) is 0 Å². The van der Waals surface area contributed by atoms with Crippen molar-refractivity contribution in [2.45, 2.75) is 0 Å². The van der Waals surface area contributed by atoms with Gasteiger partial charge in [-0.2, -0.15) is 5.10 Å². The Hall–Kier alpha value is -1.55. The van der Waals surface area contributed by atoms with E-state index in [-0.39, 0.29) is 12.5 Å². The minimum absolute atomic E-state index is 0.155. The summed E-state index contributed by atoms with van der Waals surface area (Å²) in [6.07, 6.45) is 1.42. The molecule has 0 spiro atoms.